The fourth-order valence-electron chi connectivity index (χ4n) is 0.995. The number of rotatable bonds is 4. The van der Waals surface area contributed by atoms with Gasteiger partial charge in [0.1, 0.15) is 5.69 Å². The Bertz CT molecular complexity index is 271. The molecule has 0 fully saturated rings. The van der Waals surface area contributed by atoms with E-state index in [4.69, 9.17) is 4.74 Å². The van der Waals surface area contributed by atoms with Crippen molar-refractivity contribution in [2.24, 2.45) is 13.0 Å². The van der Waals surface area contributed by atoms with Crippen LogP contribution in [-0.2, 0) is 18.4 Å². The maximum absolute atomic E-state index is 5.47. The summed E-state index contributed by atoms with van der Waals surface area (Å²) in [6.45, 7) is 5.63. The Labute approximate surface area is 87.2 Å². The summed E-state index contributed by atoms with van der Waals surface area (Å²) in [5.41, 5.74) is 0.961. The average molecular weight is 247 g/mol. The van der Waals surface area contributed by atoms with Crippen LogP contribution < -0.4 is 0 Å². The van der Waals surface area contributed by atoms with Crippen LogP contribution >= 0.6 is 15.9 Å². The summed E-state index contributed by atoms with van der Waals surface area (Å²) in [6.07, 6.45) is 1.92. The molecule has 1 rings (SSSR count). The van der Waals surface area contributed by atoms with Gasteiger partial charge < -0.3 is 4.74 Å². The molecule has 0 amide bonds. The molecule has 0 aliphatic rings. The standard InChI is InChI=1S/C9H15BrN2O/c1-7(2)5-13-6-9-8(10)4-12(3)11-9/h4,7H,5-6H2,1-3H3. The molecular weight excluding hydrogens is 232 g/mol. The molecule has 0 bridgehead atoms. The Morgan fingerprint density at radius 2 is 2.31 bits per heavy atom. The van der Waals surface area contributed by atoms with Crippen molar-refractivity contribution in [3.63, 3.8) is 0 Å². The third-order valence-electron chi connectivity index (χ3n) is 1.54. The van der Waals surface area contributed by atoms with Crippen LogP contribution in [0.3, 0.4) is 0 Å². The first-order valence-corrected chi connectivity index (χ1v) is 5.14. The number of hydrogen-bond acceptors (Lipinski definition) is 2. The molecule has 0 aromatic carbocycles. The molecule has 3 nitrogen and oxygen atoms in total. The zero-order valence-corrected chi connectivity index (χ0v) is 9.84. The van der Waals surface area contributed by atoms with Gasteiger partial charge in [0.25, 0.3) is 0 Å². The van der Waals surface area contributed by atoms with Gasteiger partial charge in [-0.3, -0.25) is 4.68 Å². The van der Waals surface area contributed by atoms with E-state index in [0.29, 0.717) is 12.5 Å². The lowest BCUT2D eigenvalue weighted by Gasteiger charge is -2.04. The molecule has 0 atom stereocenters. The van der Waals surface area contributed by atoms with Gasteiger partial charge in [-0.1, -0.05) is 13.8 Å². The highest BCUT2D eigenvalue weighted by Gasteiger charge is 2.04. The van der Waals surface area contributed by atoms with E-state index in [0.717, 1.165) is 16.8 Å². The van der Waals surface area contributed by atoms with Crippen molar-refractivity contribution in [1.29, 1.82) is 0 Å². The Hall–Kier alpha value is -0.350. The van der Waals surface area contributed by atoms with E-state index in [9.17, 15) is 0 Å². The molecule has 0 unspecified atom stereocenters. The fourth-order valence-corrected chi connectivity index (χ4v) is 1.48. The lowest BCUT2D eigenvalue weighted by atomic mass is 10.2. The van der Waals surface area contributed by atoms with Gasteiger partial charge in [-0.05, 0) is 21.8 Å². The fraction of sp³-hybridized carbons (Fsp3) is 0.667. The third-order valence-corrected chi connectivity index (χ3v) is 2.21. The number of ether oxygens (including phenoxy) is 1. The summed E-state index contributed by atoms with van der Waals surface area (Å²) in [6, 6.07) is 0. The number of halogens is 1. The predicted molar refractivity (Wildman–Crippen MR) is 55.4 cm³/mol. The second kappa shape index (κ2) is 4.77. The molecule has 1 heterocycles. The molecule has 74 valence electrons. The van der Waals surface area contributed by atoms with E-state index in [1.165, 1.54) is 0 Å². The maximum Gasteiger partial charge on any atom is 0.102 e. The minimum absolute atomic E-state index is 0.572. The molecule has 13 heavy (non-hydrogen) atoms. The van der Waals surface area contributed by atoms with Gasteiger partial charge in [-0.2, -0.15) is 5.10 Å². The molecule has 1 aromatic heterocycles. The number of hydrogen-bond donors (Lipinski definition) is 0. The molecule has 1 aromatic rings. The lowest BCUT2D eigenvalue weighted by Crippen LogP contribution is -2.03. The van der Waals surface area contributed by atoms with Crippen molar-refractivity contribution in [3.8, 4) is 0 Å². The quantitative estimate of drug-likeness (QED) is 0.816. The molecule has 0 aliphatic heterocycles. The smallest absolute Gasteiger partial charge is 0.102 e. The minimum Gasteiger partial charge on any atom is -0.375 e. The molecule has 4 heteroatoms. The zero-order valence-electron chi connectivity index (χ0n) is 8.25. The van der Waals surface area contributed by atoms with Crippen LogP contribution in [-0.4, -0.2) is 16.4 Å². The van der Waals surface area contributed by atoms with Crippen LogP contribution in [0.5, 0.6) is 0 Å². The lowest BCUT2D eigenvalue weighted by molar-refractivity contribution is 0.0941. The van der Waals surface area contributed by atoms with Gasteiger partial charge in [0.05, 0.1) is 11.1 Å². The van der Waals surface area contributed by atoms with E-state index < -0.39 is 0 Å². The minimum atomic E-state index is 0.572. The van der Waals surface area contributed by atoms with Crippen molar-refractivity contribution in [2.45, 2.75) is 20.5 Å². The number of aryl methyl sites for hydroxylation is 1. The van der Waals surface area contributed by atoms with Crippen molar-refractivity contribution in [1.82, 2.24) is 9.78 Å². The molecular formula is C9H15BrN2O. The van der Waals surface area contributed by atoms with Crippen LogP contribution in [0.25, 0.3) is 0 Å². The molecule has 0 spiro atoms. The highest BCUT2D eigenvalue weighted by Crippen LogP contribution is 2.15. The number of nitrogens with zero attached hydrogens (tertiary/aromatic N) is 2. The first-order valence-electron chi connectivity index (χ1n) is 4.35. The van der Waals surface area contributed by atoms with Gasteiger partial charge in [0, 0.05) is 19.9 Å². The Kier molecular flexibility index (Phi) is 3.93. The molecule has 0 saturated carbocycles. The van der Waals surface area contributed by atoms with Gasteiger partial charge in [0.2, 0.25) is 0 Å². The van der Waals surface area contributed by atoms with Crippen LogP contribution in [0.15, 0.2) is 10.7 Å². The predicted octanol–water partition coefficient (Wildman–Crippen LogP) is 2.36. The highest BCUT2D eigenvalue weighted by molar-refractivity contribution is 9.10. The van der Waals surface area contributed by atoms with Gasteiger partial charge in [0.15, 0.2) is 0 Å². The monoisotopic (exact) mass is 246 g/mol. The highest BCUT2D eigenvalue weighted by atomic mass is 79.9. The normalized spacial score (nSPS) is 11.2. The Morgan fingerprint density at radius 1 is 1.62 bits per heavy atom. The summed E-state index contributed by atoms with van der Waals surface area (Å²) >= 11 is 3.42. The second-order valence-corrected chi connectivity index (χ2v) is 4.36. The van der Waals surface area contributed by atoms with Crippen LogP contribution in [0.4, 0.5) is 0 Å². The van der Waals surface area contributed by atoms with Crippen LogP contribution in [0, 0.1) is 5.92 Å². The largest absolute Gasteiger partial charge is 0.375 e. The second-order valence-electron chi connectivity index (χ2n) is 3.51. The third kappa shape index (κ3) is 3.48. The van der Waals surface area contributed by atoms with Gasteiger partial charge in [-0.25, -0.2) is 0 Å². The molecule has 0 N–H and O–H groups in total. The molecule has 0 aliphatic carbocycles. The summed E-state index contributed by atoms with van der Waals surface area (Å²) in [7, 11) is 1.90. The molecule has 0 saturated heterocycles. The summed E-state index contributed by atoms with van der Waals surface area (Å²) in [5.74, 6) is 0.572. The maximum atomic E-state index is 5.47. The first kappa shape index (κ1) is 10.7. The van der Waals surface area contributed by atoms with Crippen LogP contribution in [0.2, 0.25) is 0 Å². The number of aromatic nitrogens is 2. The summed E-state index contributed by atoms with van der Waals surface area (Å²) < 4.78 is 8.26. The Balaban J connectivity index is 2.40. The molecule has 0 radical (unpaired) electrons. The van der Waals surface area contributed by atoms with Crippen molar-refractivity contribution >= 4 is 15.9 Å². The van der Waals surface area contributed by atoms with Crippen LogP contribution in [0.1, 0.15) is 19.5 Å². The summed E-state index contributed by atoms with van der Waals surface area (Å²) in [4.78, 5) is 0. The van der Waals surface area contributed by atoms with E-state index in [1.54, 1.807) is 4.68 Å². The Morgan fingerprint density at radius 3 is 2.77 bits per heavy atom. The topological polar surface area (TPSA) is 27.1 Å². The van der Waals surface area contributed by atoms with Gasteiger partial charge in [-0.15, -0.1) is 0 Å². The van der Waals surface area contributed by atoms with E-state index in [1.807, 2.05) is 13.2 Å². The van der Waals surface area contributed by atoms with Gasteiger partial charge >= 0.3 is 0 Å². The van der Waals surface area contributed by atoms with E-state index in [-0.39, 0.29) is 0 Å². The van der Waals surface area contributed by atoms with Crippen molar-refractivity contribution in [3.05, 3.63) is 16.4 Å². The van der Waals surface area contributed by atoms with Crippen molar-refractivity contribution < 1.29 is 4.74 Å². The summed E-state index contributed by atoms with van der Waals surface area (Å²) in [5, 5.41) is 4.25. The van der Waals surface area contributed by atoms with E-state index >= 15 is 0 Å². The van der Waals surface area contributed by atoms with E-state index in [2.05, 4.69) is 34.9 Å². The average Bonchev–Trinajstić information content (AvgIpc) is 2.29. The SMILES string of the molecule is CC(C)COCc1nn(C)cc1Br. The van der Waals surface area contributed by atoms with Crippen molar-refractivity contribution in [2.75, 3.05) is 6.61 Å². The zero-order chi connectivity index (χ0) is 9.84. The first-order chi connectivity index (χ1) is 6.09.